The van der Waals surface area contributed by atoms with Gasteiger partial charge in [-0.05, 0) is 26.3 Å². The highest BCUT2D eigenvalue weighted by Crippen LogP contribution is 2.29. The molecule has 1 atom stereocenters. The molecule has 0 amide bonds. The molecule has 1 fully saturated rings. The van der Waals surface area contributed by atoms with E-state index in [1.807, 2.05) is 0 Å². The first-order valence-corrected chi connectivity index (χ1v) is 6.77. The molecule has 2 heterocycles. The molecular weight excluding hydrogens is 226 g/mol. The van der Waals surface area contributed by atoms with Crippen LogP contribution in [0.3, 0.4) is 0 Å². The van der Waals surface area contributed by atoms with Gasteiger partial charge < -0.3 is 15.5 Å². The minimum Gasteiger partial charge on any atom is -0.349 e. The number of rotatable bonds is 2. The van der Waals surface area contributed by atoms with E-state index in [2.05, 4.69) is 26.8 Å². The van der Waals surface area contributed by atoms with E-state index in [0.29, 0.717) is 12.6 Å². The van der Waals surface area contributed by atoms with Crippen LogP contribution in [0.25, 0.3) is 0 Å². The van der Waals surface area contributed by atoms with Crippen LogP contribution in [0, 0.1) is 0 Å². The van der Waals surface area contributed by atoms with Gasteiger partial charge in [0.05, 0.1) is 6.04 Å². The van der Waals surface area contributed by atoms with Crippen LogP contribution >= 0.6 is 0 Å². The van der Waals surface area contributed by atoms with Crippen LogP contribution < -0.4 is 10.6 Å². The molecule has 1 aromatic rings. The third-order valence-corrected chi connectivity index (χ3v) is 4.08. The highest BCUT2D eigenvalue weighted by Gasteiger charge is 2.29. The van der Waals surface area contributed by atoms with Crippen LogP contribution in [0.15, 0.2) is 6.33 Å². The molecule has 0 saturated carbocycles. The normalized spacial score (nSPS) is 24.3. The van der Waals surface area contributed by atoms with Gasteiger partial charge >= 0.3 is 0 Å². The lowest BCUT2D eigenvalue weighted by molar-refractivity contribution is 0.268. The van der Waals surface area contributed by atoms with Gasteiger partial charge in [-0.15, -0.1) is 0 Å². The molecule has 98 valence electrons. The molecule has 5 heteroatoms. The largest absolute Gasteiger partial charge is 0.349 e. The van der Waals surface area contributed by atoms with Crippen LogP contribution in [0.5, 0.6) is 0 Å². The van der Waals surface area contributed by atoms with Crippen molar-refractivity contribution < 1.29 is 0 Å². The molecule has 1 unspecified atom stereocenters. The van der Waals surface area contributed by atoms with Crippen LogP contribution in [0.2, 0.25) is 0 Å². The minimum absolute atomic E-state index is 0.378. The summed E-state index contributed by atoms with van der Waals surface area (Å²) in [7, 11) is 2.16. The number of aryl methyl sites for hydroxylation is 1. The average molecular weight is 247 g/mol. The van der Waals surface area contributed by atoms with Crippen molar-refractivity contribution >= 4 is 5.82 Å². The van der Waals surface area contributed by atoms with Gasteiger partial charge in [-0.25, -0.2) is 9.97 Å². The molecule has 2 aliphatic rings. The number of aromatic nitrogens is 2. The predicted molar refractivity (Wildman–Crippen MR) is 71.7 cm³/mol. The SMILES string of the molecule is CN1CCN(c2ncnc3c2CCC3)C(CN)C1. The van der Waals surface area contributed by atoms with Gasteiger partial charge in [-0.1, -0.05) is 0 Å². The van der Waals surface area contributed by atoms with E-state index in [1.54, 1.807) is 6.33 Å². The van der Waals surface area contributed by atoms with Gasteiger partial charge in [0.25, 0.3) is 0 Å². The summed E-state index contributed by atoms with van der Waals surface area (Å²) in [4.78, 5) is 13.7. The number of fused-ring (bicyclic) bond motifs is 1. The minimum atomic E-state index is 0.378. The van der Waals surface area contributed by atoms with Crippen molar-refractivity contribution in [2.45, 2.75) is 25.3 Å². The Kier molecular flexibility index (Phi) is 3.18. The zero-order chi connectivity index (χ0) is 12.5. The Balaban J connectivity index is 1.92. The Morgan fingerprint density at radius 2 is 2.22 bits per heavy atom. The van der Waals surface area contributed by atoms with Gasteiger partial charge in [-0.2, -0.15) is 0 Å². The van der Waals surface area contributed by atoms with Crippen molar-refractivity contribution in [3.05, 3.63) is 17.6 Å². The molecule has 3 rings (SSSR count). The molecule has 18 heavy (non-hydrogen) atoms. The third kappa shape index (κ3) is 1.97. The zero-order valence-corrected chi connectivity index (χ0v) is 11.0. The lowest BCUT2D eigenvalue weighted by Gasteiger charge is -2.40. The lowest BCUT2D eigenvalue weighted by Crippen LogP contribution is -2.55. The number of piperazine rings is 1. The number of nitrogens with two attached hydrogens (primary N) is 1. The van der Waals surface area contributed by atoms with Gasteiger partial charge in [0, 0.05) is 37.4 Å². The number of hydrogen-bond donors (Lipinski definition) is 1. The zero-order valence-electron chi connectivity index (χ0n) is 11.0. The lowest BCUT2D eigenvalue weighted by atomic mass is 10.1. The van der Waals surface area contributed by atoms with Gasteiger partial charge in [0.15, 0.2) is 0 Å². The second kappa shape index (κ2) is 4.82. The molecule has 1 aliphatic carbocycles. The van der Waals surface area contributed by atoms with E-state index in [9.17, 15) is 0 Å². The van der Waals surface area contributed by atoms with Crippen LogP contribution in [0.1, 0.15) is 17.7 Å². The maximum atomic E-state index is 5.93. The Morgan fingerprint density at radius 3 is 3.06 bits per heavy atom. The van der Waals surface area contributed by atoms with E-state index < -0.39 is 0 Å². The first-order chi connectivity index (χ1) is 8.79. The van der Waals surface area contributed by atoms with Crippen LogP contribution in [-0.4, -0.2) is 54.1 Å². The van der Waals surface area contributed by atoms with Crippen molar-refractivity contribution in [3.63, 3.8) is 0 Å². The second-order valence-electron chi connectivity index (χ2n) is 5.32. The van der Waals surface area contributed by atoms with Crippen molar-refractivity contribution in [1.29, 1.82) is 0 Å². The fourth-order valence-corrected chi connectivity index (χ4v) is 3.08. The maximum Gasteiger partial charge on any atom is 0.135 e. The van der Waals surface area contributed by atoms with E-state index in [-0.39, 0.29) is 0 Å². The Hall–Kier alpha value is -1.20. The Morgan fingerprint density at radius 1 is 1.33 bits per heavy atom. The highest BCUT2D eigenvalue weighted by molar-refractivity contribution is 5.51. The van der Waals surface area contributed by atoms with Crippen molar-refractivity contribution in [3.8, 4) is 0 Å². The average Bonchev–Trinajstić information content (AvgIpc) is 2.86. The number of likely N-dealkylation sites (N-methyl/N-ethyl adjacent to an activating group) is 1. The fraction of sp³-hybridized carbons (Fsp3) is 0.692. The summed E-state index contributed by atoms with van der Waals surface area (Å²) >= 11 is 0. The quantitative estimate of drug-likeness (QED) is 0.800. The Labute approximate surface area is 108 Å². The van der Waals surface area contributed by atoms with E-state index >= 15 is 0 Å². The summed E-state index contributed by atoms with van der Waals surface area (Å²) < 4.78 is 0. The number of nitrogens with zero attached hydrogens (tertiary/aromatic N) is 4. The van der Waals surface area contributed by atoms with Crippen molar-refractivity contribution in [1.82, 2.24) is 14.9 Å². The van der Waals surface area contributed by atoms with Crippen LogP contribution in [-0.2, 0) is 12.8 Å². The summed E-state index contributed by atoms with van der Waals surface area (Å²) in [6, 6.07) is 0.378. The molecule has 1 aromatic heterocycles. The highest BCUT2D eigenvalue weighted by atomic mass is 15.3. The Bertz CT molecular complexity index is 433. The molecule has 0 aromatic carbocycles. The number of anilines is 1. The van der Waals surface area contributed by atoms with Gasteiger partial charge in [-0.3, -0.25) is 0 Å². The summed E-state index contributed by atoms with van der Waals surface area (Å²) in [6.45, 7) is 3.80. The van der Waals surface area contributed by atoms with E-state index in [1.165, 1.54) is 17.7 Å². The second-order valence-corrected chi connectivity index (χ2v) is 5.32. The smallest absolute Gasteiger partial charge is 0.135 e. The summed E-state index contributed by atoms with van der Waals surface area (Å²) in [5.74, 6) is 1.14. The molecule has 0 spiro atoms. The first-order valence-electron chi connectivity index (χ1n) is 6.77. The number of hydrogen-bond acceptors (Lipinski definition) is 5. The summed E-state index contributed by atoms with van der Waals surface area (Å²) in [5, 5.41) is 0. The molecule has 1 saturated heterocycles. The van der Waals surface area contributed by atoms with E-state index in [4.69, 9.17) is 5.73 Å². The first kappa shape index (κ1) is 11.9. The van der Waals surface area contributed by atoms with Crippen molar-refractivity contribution in [2.75, 3.05) is 38.1 Å². The predicted octanol–water partition coefficient (Wildman–Crippen LogP) is 0.0444. The third-order valence-electron chi connectivity index (χ3n) is 4.08. The standard InChI is InChI=1S/C13H21N5/c1-17-5-6-18(10(7-14)8-17)13-11-3-2-4-12(11)15-9-16-13/h9-10H,2-8,14H2,1H3. The van der Waals surface area contributed by atoms with Crippen LogP contribution in [0.4, 0.5) is 5.82 Å². The van der Waals surface area contributed by atoms with Gasteiger partial charge in [0.2, 0.25) is 0 Å². The summed E-state index contributed by atoms with van der Waals surface area (Å²) in [6.07, 6.45) is 5.15. The molecular formula is C13H21N5. The van der Waals surface area contributed by atoms with E-state index in [0.717, 1.165) is 38.3 Å². The molecule has 0 radical (unpaired) electrons. The molecule has 0 bridgehead atoms. The maximum absolute atomic E-state index is 5.93. The molecule has 1 aliphatic heterocycles. The molecule has 5 nitrogen and oxygen atoms in total. The monoisotopic (exact) mass is 247 g/mol. The molecule has 2 N–H and O–H groups in total. The summed E-state index contributed by atoms with van der Waals surface area (Å²) in [5.41, 5.74) is 8.53. The van der Waals surface area contributed by atoms with Crippen molar-refractivity contribution in [2.24, 2.45) is 5.73 Å². The topological polar surface area (TPSA) is 58.3 Å². The van der Waals surface area contributed by atoms with Gasteiger partial charge in [0.1, 0.15) is 12.1 Å². The fourth-order valence-electron chi connectivity index (χ4n) is 3.08.